The van der Waals surface area contributed by atoms with Gasteiger partial charge in [-0.1, -0.05) is 0 Å². The highest BCUT2D eigenvalue weighted by Gasteiger charge is 2.44. The second-order valence-corrected chi connectivity index (χ2v) is 6.08. The minimum Gasteiger partial charge on any atom is -0.508 e. The summed E-state index contributed by atoms with van der Waals surface area (Å²) in [5, 5.41) is 30.3. The molecule has 0 bridgehead atoms. The lowest BCUT2D eigenvalue weighted by atomic mass is 9.80. The zero-order chi connectivity index (χ0) is 17.5. The molecular formula is C18H10O7. The third-order valence-electron chi connectivity index (χ3n) is 4.72. The smallest absolute Gasteiger partial charge is 0.250 e. The van der Waals surface area contributed by atoms with E-state index in [1.165, 1.54) is 12.3 Å². The predicted molar refractivity (Wildman–Crippen MR) is 82.1 cm³/mol. The minimum absolute atomic E-state index is 0.0392. The van der Waals surface area contributed by atoms with Gasteiger partial charge in [-0.25, -0.2) is 0 Å². The van der Waals surface area contributed by atoms with Gasteiger partial charge in [0.2, 0.25) is 5.78 Å². The van der Waals surface area contributed by atoms with E-state index >= 15 is 0 Å². The fourth-order valence-corrected chi connectivity index (χ4v) is 3.63. The van der Waals surface area contributed by atoms with Crippen LogP contribution in [0.15, 0.2) is 30.5 Å². The van der Waals surface area contributed by atoms with Crippen LogP contribution in [0.5, 0.6) is 23.0 Å². The molecule has 2 heterocycles. The average Bonchev–Trinajstić information content (AvgIpc) is 3.11. The van der Waals surface area contributed by atoms with Gasteiger partial charge in [-0.05, 0) is 18.2 Å². The maximum absolute atomic E-state index is 12.9. The van der Waals surface area contributed by atoms with Crippen molar-refractivity contribution < 1.29 is 34.4 Å². The molecule has 3 aliphatic rings. The number of carbonyl (C=O) groups is 2. The summed E-state index contributed by atoms with van der Waals surface area (Å²) in [7, 11) is 0. The molecule has 7 heteroatoms. The number of phenols is 3. The number of hydrogen-bond donors (Lipinski definition) is 3. The topological polar surface area (TPSA) is 113 Å². The van der Waals surface area contributed by atoms with Crippen LogP contribution >= 0.6 is 0 Å². The first-order chi connectivity index (χ1) is 12.0. The third-order valence-corrected chi connectivity index (χ3v) is 4.72. The summed E-state index contributed by atoms with van der Waals surface area (Å²) in [6, 6.07) is 3.49. The van der Waals surface area contributed by atoms with Crippen molar-refractivity contribution in [2.24, 2.45) is 0 Å². The standard InChI is InChI=1S/C18H10O7/c19-6-3-8-12(10(20)4-6)16(22)14-9(15(8)21)5-11-13(17(14)23)7-1-2-24-18(7)25-11/h1-5,7,18-20,23H/t7-,18-/m0/s1. The molecule has 7 nitrogen and oxygen atoms in total. The number of ether oxygens (including phenoxy) is 2. The monoisotopic (exact) mass is 338 g/mol. The first-order valence-corrected chi connectivity index (χ1v) is 7.51. The van der Waals surface area contributed by atoms with Crippen molar-refractivity contribution in [3.05, 3.63) is 58.4 Å². The summed E-state index contributed by atoms with van der Waals surface area (Å²) in [5.41, 5.74) is -0.201. The number of ketones is 2. The van der Waals surface area contributed by atoms with E-state index in [0.29, 0.717) is 5.56 Å². The summed E-state index contributed by atoms with van der Waals surface area (Å²) in [6.07, 6.45) is 2.50. The van der Waals surface area contributed by atoms with Gasteiger partial charge in [0.15, 0.2) is 5.78 Å². The lowest BCUT2D eigenvalue weighted by molar-refractivity contribution is -0.00487. The third kappa shape index (κ3) is 1.59. The van der Waals surface area contributed by atoms with E-state index in [1.54, 1.807) is 6.08 Å². The Morgan fingerprint density at radius 2 is 1.68 bits per heavy atom. The van der Waals surface area contributed by atoms with Crippen LogP contribution in [-0.2, 0) is 4.74 Å². The lowest BCUT2D eigenvalue weighted by Crippen LogP contribution is -2.21. The van der Waals surface area contributed by atoms with E-state index in [0.717, 1.165) is 12.1 Å². The van der Waals surface area contributed by atoms with Crippen molar-refractivity contribution in [3.63, 3.8) is 0 Å². The second-order valence-electron chi connectivity index (χ2n) is 6.08. The van der Waals surface area contributed by atoms with Crippen molar-refractivity contribution in [3.8, 4) is 23.0 Å². The first kappa shape index (κ1) is 13.9. The van der Waals surface area contributed by atoms with Gasteiger partial charge in [-0.15, -0.1) is 0 Å². The molecule has 0 spiro atoms. The van der Waals surface area contributed by atoms with Crippen LogP contribution in [0.25, 0.3) is 0 Å². The van der Waals surface area contributed by atoms with Gasteiger partial charge in [-0.3, -0.25) is 9.59 Å². The molecule has 0 fully saturated rings. The Balaban J connectivity index is 1.80. The van der Waals surface area contributed by atoms with Crippen LogP contribution in [-0.4, -0.2) is 33.2 Å². The summed E-state index contributed by atoms with van der Waals surface area (Å²) in [4.78, 5) is 25.6. The Bertz CT molecular complexity index is 1030. The van der Waals surface area contributed by atoms with Crippen LogP contribution < -0.4 is 4.74 Å². The van der Waals surface area contributed by atoms with Crippen LogP contribution in [0.1, 0.15) is 43.3 Å². The molecule has 2 aliphatic heterocycles. The molecule has 25 heavy (non-hydrogen) atoms. The Hall–Kier alpha value is -3.48. The molecule has 0 amide bonds. The molecule has 3 N–H and O–H groups in total. The van der Waals surface area contributed by atoms with E-state index in [4.69, 9.17) is 9.47 Å². The molecule has 0 saturated carbocycles. The molecule has 2 atom stereocenters. The Labute approximate surface area is 140 Å². The fraction of sp³-hybridized carbons (Fsp3) is 0.111. The fourth-order valence-electron chi connectivity index (χ4n) is 3.63. The minimum atomic E-state index is -0.686. The van der Waals surface area contributed by atoms with E-state index in [1.807, 2.05) is 0 Å². The summed E-state index contributed by atoms with van der Waals surface area (Å²) in [5.74, 6) is -2.60. The van der Waals surface area contributed by atoms with Crippen molar-refractivity contribution in [1.29, 1.82) is 0 Å². The number of aromatic hydroxyl groups is 3. The molecule has 1 aliphatic carbocycles. The maximum Gasteiger partial charge on any atom is 0.250 e. The number of benzene rings is 2. The normalized spacial score (nSPS) is 21.9. The molecular weight excluding hydrogens is 328 g/mol. The maximum atomic E-state index is 12.9. The van der Waals surface area contributed by atoms with E-state index in [2.05, 4.69) is 0 Å². The highest BCUT2D eigenvalue weighted by atomic mass is 16.7. The van der Waals surface area contributed by atoms with Gasteiger partial charge < -0.3 is 24.8 Å². The van der Waals surface area contributed by atoms with Crippen molar-refractivity contribution >= 4 is 11.6 Å². The molecule has 0 saturated heterocycles. The Morgan fingerprint density at radius 3 is 2.48 bits per heavy atom. The Morgan fingerprint density at radius 1 is 0.920 bits per heavy atom. The van der Waals surface area contributed by atoms with Gasteiger partial charge in [0.25, 0.3) is 6.29 Å². The van der Waals surface area contributed by atoms with Gasteiger partial charge in [0, 0.05) is 17.2 Å². The lowest BCUT2D eigenvalue weighted by Gasteiger charge is -2.21. The summed E-state index contributed by atoms with van der Waals surface area (Å²) in [6.45, 7) is 0. The average molecular weight is 338 g/mol. The van der Waals surface area contributed by atoms with Crippen LogP contribution in [0.4, 0.5) is 0 Å². The SMILES string of the molecule is O=C1c2cc(O)cc(O)c2C(=O)c2c1cc1c(c2O)[C@@H]2C=CO[C@H]2O1. The van der Waals surface area contributed by atoms with Gasteiger partial charge in [0.1, 0.15) is 23.0 Å². The van der Waals surface area contributed by atoms with E-state index in [9.17, 15) is 24.9 Å². The zero-order valence-electron chi connectivity index (χ0n) is 12.5. The zero-order valence-corrected chi connectivity index (χ0v) is 12.5. The highest BCUT2D eigenvalue weighted by molar-refractivity contribution is 6.30. The number of rotatable bonds is 0. The van der Waals surface area contributed by atoms with Gasteiger partial charge >= 0.3 is 0 Å². The molecule has 2 aromatic rings. The predicted octanol–water partition coefficient (Wildman–Crippen LogP) is 1.92. The number of phenolic OH excluding ortho intramolecular Hbond substituents is 3. The number of hydrogen-bond acceptors (Lipinski definition) is 7. The van der Waals surface area contributed by atoms with Crippen molar-refractivity contribution in [2.45, 2.75) is 12.2 Å². The Kier molecular flexibility index (Phi) is 2.41. The molecule has 0 unspecified atom stereocenters. The van der Waals surface area contributed by atoms with Crippen LogP contribution in [0.2, 0.25) is 0 Å². The molecule has 5 rings (SSSR count). The van der Waals surface area contributed by atoms with E-state index < -0.39 is 23.6 Å². The summed E-state index contributed by atoms with van der Waals surface area (Å²) >= 11 is 0. The molecule has 0 radical (unpaired) electrons. The van der Waals surface area contributed by atoms with Gasteiger partial charge in [0.05, 0.1) is 28.9 Å². The van der Waals surface area contributed by atoms with Gasteiger partial charge in [-0.2, -0.15) is 0 Å². The molecule has 124 valence electrons. The van der Waals surface area contributed by atoms with Crippen LogP contribution in [0.3, 0.4) is 0 Å². The first-order valence-electron chi connectivity index (χ1n) is 7.51. The molecule has 2 aromatic carbocycles. The highest BCUT2D eigenvalue weighted by Crippen LogP contribution is 2.51. The van der Waals surface area contributed by atoms with E-state index in [-0.39, 0.29) is 45.4 Å². The van der Waals surface area contributed by atoms with Crippen molar-refractivity contribution in [2.75, 3.05) is 0 Å². The summed E-state index contributed by atoms with van der Waals surface area (Å²) < 4.78 is 10.9. The largest absolute Gasteiger partial charge is 0.508 e. The second kappa shape index (κ2) is 4.32. The van der Waals surface area contributed by atoms with Crippen LogP contribution in [0, 0.1) is 0 Å². The number of carbonyl (C=O) groups excluding carboxylic acids is 2. The molecule has 0 aromatic heterocycles. The number of fused-ring (bicyclic) bond motifs is 5. The van der Waals surface area contributed by atoms with Crippen molar-refractivity contribution in [1.82, 2.24) is 0 Å². The quantitative estimate of drug-likeness (QED) is 0.574.